The zero-order valence-corrected chi connectivity index (χ0v) is 23.4. The number of thiazole rings is 1. The summed E-state index contributed by atoms with van der Waals surface area (Å²) in [4.78, 5) is 10.1. The topological polar surface area (TPSA) is 70.3 Å². The van der Waals surface area contributed by atoms with Gasteiger partial charge >= 0.3 is 0 Å². The average Bonchev–Trinajstić information content (AvgIpc) is 3.69. The number of hydrazone groups is 1. The Morgan fingerprint density at radius 2 is 1.77 bits per heavy atom. The molecule has 0 saturated heterocycles. The van der Waals surface area contributed by atoms with Crippen LogP contribution in [-0.4, -0.2) is 28.6 Å². The van der Waals surface area contributed by atoms with E-state index in [1.807, 2.05) is 29.3 Å². The molecule has 0 bridgehead atoms. The smallest absolute Gasteiger partial charge is 0.233 e. The number of methoxy groups -OCH3 is 1. The molecule has 7 rings (SSSR count). The number of benzene rings is 4. The van der Waals surface area contributed by atoms with Gasteiger partial charge in [0.25, 0.3) is 0 Å². The minimum atomic E-state index is -0.0746. The molecule has 1 aromatic heterocycles. The highest BCUT2D eigenvalue weighted by molar-refractivity contribution is 9.10. The largest absolute Gasteiger partial charge is 0.497 e. The Morgan fingerprint density at radius 1 is 0.949 bits per heavy atom. The highest BCUT2D eigenvalue weighted by Crippen LogP contribution is 2.43. The van der Waals surface area contributed by atoms with E-state index in [0.29, 0.717) is 22.9 Å². The molecule has 0 amide bonds. The standard InChI is InChI=1S/C31H23BrN4O2S/c1-38-24-11-8-19(9-12-24)28-17-26(21-7-6-18-4-2-3-5-20(18)14-21)35-36(28)31-34-30(37)29(39-31)27-16-22-15-23(32)10-13-25(22)33-27/h2-15,28,37H,16-17H2,1H3. The molecule has 0 aliphatic carbocycles. The first kappa shape index (κ1) is 24.1. The minimum absolute atomic E-state index is 0.0107. The number of fused-ring (bicyclic) bond motifs is 2. The summed E-state index contributed by atoms with van der Waals surface area (Å²) in [5.41, 5.74) is 6.04. The normalized spacial score (nSPS) is 16.4. The highest BCUT2D eigenvalue weighted by atomic mass is 79.9. The van der Waals surface area contributed by atoms with Gasteiger partial charge in [0, 0.05) is 17.3 Å². The fraction of sp³-hybridized carbons (Fsp3) is 0.129. The van der Waals surface area contributed by atoms with Crippen LogP contribution in [0.4, 0.5) is 10.8 Å². The van der Waals surface area contributed by atoms with Gasteiger partial charge in [0.05, 0.1) is 30.3 Å². The van der Waals surface area contributed by atoms with Crippen molar-refractivity contribution in [2.24, 2.45) is 10.1 Å². The molecule has 192 valence electrons. The van der Waals surface area contributed by atoms with Crippen LogP contribution in [0.15, 0.2) is 99.5 Å². The number of anilines is 1. The predicted octanol–water partition coefficient (Wildman–Crippen LogP) is 7.81. The molecule has 4 aromatic carbocycles. The number of hydrogen-bond acceptors (Lipinski definition) is 7. The maximum absolute atomic E-state index is 10.9. The van der Waals surface area contributed by atoms with Gasteiger partial charge in [0.1, 0.15) is 10.6 Å². The number of aromatic nitrogens is 1. The fourth-order valence-electron chi connectivity index (χ4n) is 5.20. The molecule has 0 radical (unpaired) electrons. The van der Waals surface area contributed by atoms with Crippen molar-refractivity contribution in [3.8, 4) is 11.6 Å². The van der Waals surface area contributed by atoms with Gasteiger partial charge in [-0.25, -0.2) is 5.01 Å². The van der Waals surface area contributed by atoms with Gasteiger partial charge in [-0.1, -0.05) is 75.8 Å². The molecule has 8 heteroatoms. The van der Waals surface area contributed by atoms with Crippen molar-refractivity contribution in [2.45, 2.75) is 18.9 Å². The average molecular weight is 596 g/mol. The maximum atomic E-state index is 10.9. The van der Waals surface area contributed by atoms with Crippen LogP contribution >= 0.6 is 27.3 Å². The first-order valence-corrected chi connectivity index (χ1v) is 14.2. The van der Waals surface area contributed by atoms with Crippen LogP contribution in [0.2, 0.25) is 0 Å². The summed E-state index contributed by atoms with van der Waals surface area (Å²) in [6.07, 6.45) is 1.36. The molecule has 5 aromatic rings. The number of aliphatic imine (C=N–C) groups is 1. The van der Waals surface area contributed by atoms with Crippen molar-refractivity contribution < 1.29 is 9.84 Å². The van der Waals surface area contributed by atoms with E-state index in [-0.39, 0.29) is 11.9 Å². The number of aromatic hydroxyl groups is 1. The third kappa shape index (κ3) is 4.39. The van der Waals surface area contributed by atoms with Crippen molar-refractivity contribution in [1.29, 1.82) is 0 Å². The number of nitrogens with zero attached hydrogens (tertiary/aromatic N) is 4. The summed E-state index contributed by atoms with van der Waals surface area (Å²) in [6, 6.07) is 28.8. The summed E-state index contributed by atoms with van der Waals surface area (Å²) in [6.45, 7) is 0. The van der Waals surface area contributed by atoms with Gasteiger partial charge in [-0.3, -0.25) is 4.99 Å². The summed E-state index contributed by atoms with van der Waals surface area (Å²) in [5.74, 6) is 0.794. The third-order valence-corrected chi connectivity index (χ3v) is 8.78. The van der Waals surface area contributed by atoms with Crippen molar-refractivity contribution in [3.63, 3.8) is 0 Å². The van der Waals surface area contributed by atoms with E-state index >= 15 is 0 Å². The SMILES string of the molecule is COc1ccc(C2CC(c3ccc4ccccc4c3)=NN2c2nc(O)c(C3=Nc4ccc(Br)cc4C3)s2)cc1. The van der Waals surface area contributed by atoms with Crippen molar-refractivity contribution in [1.82, 2.24) is 4.98 Å². The van der Waals surface area contributed by atoms with Gasteiger partial charge in [-0.15, -0.1) is 0 Å². The van der Waals surface area contributed by atoms with Gasteiger partial charge in [0.2, 0.25) is 11.0 Å². The first-order valence-electron chi connectivity index (χ1n) is 12.6. The Labute approximate surface area is 238 Å². The van der Waals surface area contributed by atoms with E-state index in [9.17, 15) is 5.11 Å². The molecular weight excluding hydrogens is 572 g/mol. The lowest BCUT2D eigenvalue weighted by atomic mass is 9.97. The molecule has 0 saturated carbocycles. The van der Waals surface area contributed by atoms with Crippen LogP contribution in [0.25, 0.3) is 10.8 Å². The molecule has 39 heavy (non-hydrogen) atoms. The number of ether oxygens (including phenoxy) is 1. The van der Waals surface area contributed by atoms with Crippen molar-refractivity contribution >= 4 is 60.3 Å². The lowest BCUT2D eigenvalue weighted by molar-refractivity contribution is 0.414. The lowest BCUT2D eigenvalue weighted by Gasteiger charge is -2.21. The second kappa shape index (κ2) is 9.63. The van der Waals surface area contributed by atoms with E-state index in [1.165, 1.54) is 22.1 Å². The molecule has 2 aliphatic rings. The second-order valence-electron chi connectivity index (χ2n) is 9.60. The molecule has 1 atom stereocenters. The van der Waals surface area contributed by atoms with E-state index in [4.69, 9.17) is 14.8 Å². The van der Waals surface area contributed by atoms with Crippen LogP contribution in [-0.2, 0) is 6.42 Å². The van der Waals surface area contributed by atoms with E-state index in [1.54, 1.807) is 7.11 Å². The van der Waals surface area contributed by atoms with Crippen molar-refractivity contribution in [2.75, 3.05) is 12.1 Å². The van der Waals surface area contributed by atoms with Gasteiger partial charge in [-0.2, -0.15) is 10.1 Å². The van der Waals surface area contributed by atoms with Gasteiger partial charge in [0.15, 0.2) is 0 Å². The monoisotopic (exact) mass is 594 g/mol. The Kier molecular flexibility index (Phi) is 5.94. The van der Waals surface area contributed by atoms with Crippen LogP contribution in [0, 0.1) is 0 Å². The van der Waals surface area contributed by atoms with E-state index in [0.717, 1.165) is 44.0 Å². The number of halogens is 1. The Hall–Kier alpha value is -4.01. The van der Waals surface area contributed by atoms with Crippen LogP contribution in [0.1, 0.15) is 34.0 Å². The van der Waals surface area contributed by atoms with Gasteiger partial charge < -0.3 is 9.84 Å². The zero-order chi connectivity index (χ0) is 26.5. The summed E-state index contributed by atoms with van der Waals surface area (Å²) in [5, 5.41) is 21.0. The fourth-order valence-corrected chi connectivity index (χ4v) is 6.56. The van der Waals surface area contributed by atoms with Crippen molar-refractivity contribution in [3.05, 3.63) is 111 Å². The molecule has 0 spiro atoms. The Bertz CT molecular complexity index is 1790. The van der Waals surface area contributed by atoms with Crippen LogP contribution < -0.4 is 9.75 Å². The summed E-state index contributed by atoms with van der Waals surface area (Å²) >= 11 is 4.97. The quantitative estimate of drug-likeness (QED) is 0.225. The van der Waals surface area contributed by atoms with E-state index < -0.39 is 0 Å². The molecule has 1 N–H and O–H groups in total. The molecular formula is C31H23BrN4O2S. The predicted molar refractivity (Wildman–Crippen MR) is 161 cm³/mol. The highest BCUT2D eigenvalue weighted by Gasteiger charge is 2.33. The summed E-state index contributed by atoms with van der Waals surface area (Å²) < 4.78 is 6.40. The van der Waals surface area contributed by atoms with Crippen LogP contribution in [0.5, 0.6) is 11.6 Å². The van der Waals surface area contributed by atoms with E-state index in [2.05, 4.69) is 81.6 Å². The second-order valence-corrected chi connectivity index (χ2v) is 11.5. The lowest BCUT2D eigenvalue weighted by Crippen LogP contribution is -2.18. The Morgan fingerprint density at radius 3 is 2.59 bits per heavy atom. The molecule has 2 aliphatic heterocycles. The number of hydrogen-bond donors (Lipinski definition) is 1. The molecule has 3 heterocycles. The van der Waals surface area contributed by atoms with Crippen LogP contribution in [0.3, 0.4) is 0 Å². The molecule has 6 nitrogen and oxygen atoms in total. The zero-order valence-electron chi connectivity index (χ0n) is 21.0. The molecule has 1 unspecified atom stereocenters. The summed E-state index contributed by atoms with van der Waals surface area (Å²) in [7, 11) is 1.67. The first-order chi connectivity index (χ1) is 19.1. The maximum Gasteiger partial charge on any atom is 0.233 e. The minimum Gasteiger partial charge on any atom is -0.497 e. The van der Waals surface area contributed by atoms with Gasteiger partial charge in [-0.05, 0) is 63.9 Å². The number of rotatable bonds is 5. The Balaban J connectivity index is 1.27. The third-order valence-electron chi connectivity index (χ3n) is 7.20. The molecule has 0 fully saturated rings.